The van der Waals surface area contributed by atoms with Crippen LogP contribution < -0.4 is 20.9 Å². The molecule has 1 saturated heterocycles. The van der Waals surface area contributed by atoms with Crippen molar-refractivity contribution in [3.63, 3.8) is 0 Å². The highest BCUT2D eigenvalue weighted by molar-refractivity contribution is 5.89. The number of nitrogens with zero attached hydrogens (tertiary/aromatic N) is 3. The van der Waals surface area contributed by atoms with E-state index in [2.05, 4.69) is 25.9 Å². The normalized spacial score (nSPS) is 15.0. The summed E-state index contributed by atoms with van der Waals surface area (Å²) in [5.74, 6) is 0.619. The molecule has 0 radical (unpaired) electrons. The number of furan rings is 1. The molecular weight excluding hydrogens is 415 g/mol. The molecule has 10 heteroatoms. The average Bonchev–Trinajstić information content (AvgIpc) is 3.08. The highest BCUT2D eigenvalue weighted by atomic mass is 19.1. The van der Waals surface area contributed by atoms with E-state index in [9.17, 15) is 14.0 Å². The number of anilines is 2. The molecule has 1 aliphatic heterocycles. The molecule has 2 aromatic heterocycles. The summed E-state index contributed by atoms with van der Waals surface area (Å²) in [7, 11) is 0. The van der Waals surface area contributed by atoms with Crippen LogP contribution in [0.15, 0.2) is 35.0 Å². The Morgan fingerprint density at radius 2 is 2.03 bits per heavy atom. The summed E-state index contributed by atoms with van der Waals surface area (Å²) in [5, 5.41) is 9.08. The van der Waals surface area contributed by atoms with E-state index in [4.69, 9.17) is 4.42 Å². The lowest BCUT2D eigenvalue weighted by Gasteiger charge is -2.26. The predicted molar refractivity (Wildman–Crippen MR) is 118 cm³/mol. The van der Waals surface area contributed by atoms with Crippen LogP contribution in [0.4, 0.5) is 20.8 Å². The summed E-state index contributed by atoms with van der Waals surface area (Å²) in [5.41, 5.74) is 1.78. The molecule has 1 atom stereocenters. The number of rotatable bonds is 5. The van der Waals surface area contributed by atoms with Crippen LogP contribution in [-0.2, 0) is 4.79 Å². The van der Waals surface area contributed by atoms with Gasteiger partial charge in [0, 0.05) is 24.0 Å². The Kier molecular flexibility index (Phi) is 5.93. The van der Waals surface area contributed by atoms with Gasteiger partial charge in [-0.1, -0.05) is 13.8 Å². The summed E-state index contributed by atoms with van der Waals surface area (Å²) in [6.45, 7) is 7.13. The summed E-state index contributed by atoms with van der Waals surface area (Å²) in [4.78, 5) is 34.5. The third kappa shape index (κ3) is 4.48. The zero-order valence-corrected chi connectivity index (χ0v) is 18.1. The zero-order valence-electron chi connectivity index (χ0n) is 18.1. The van der Waals surface area contributed by atoms with Gasteiger partial charge >= 0.3 is 6.03 Å². The van der Waals surface area contributed by atoms with Crippen molar-refractivity contribution in [1.29, 1.82) is 0 Å². The second kappa shape index (κ2) is 8.81. The monoisotopic (exact) mass is 440 g/mol. The molecule has 0 unspecified atom stereocenters. The molecule has 3 N–H and O–H groups in total. The fourth-order valence-corrected chi connectivity index (χ4v) is 3.71. The summed E-state index contributed by atoms with van der Waals surface area (Å²) >= 11 is 0. The van der Waals surface area contributed by atoms with Crippen molar-refractivity contribution in [2.45, 2.75) is 26.8 Å². The molecular formula is C22H25FN6O3. The Hall–Kier alpha value is -3.69. The third-order valence-electron chi connectivity index (χ3n) is 5.39. The van der Waals surface area contributed by atoms with Crippen molar-refractivity contribution in [2.75, 3.05) is 29.9 Å². The molecule has 1 aliphatic rings. The molecule has 0 bridgehead atoms. The van der Waals surface area contributed by atoms with Crippen molar-refractivity contribution < 1.29 is 18.4 Å². The first kappa shape index (κ1) is 21.5. The second-order valence-electron chi connectivity index (χ2n) is 8.10. The van der Waals surface area contributed by atoms with Crippen molar-refractivity contribution in [1.82, 2.24) is 20.6 Å². The number of piperazine rings is 1. The molecule has 1 aromatic carbocycles. The van der Waals surface area contributed by atoms with Crippen LogP contribution in [0, 0.1) is 18.7 Å². The standard InChI is InChI=1S/C22H25FN6O3/c1-12(2)19(20-13(3)16-8-14(23)4-5-17(16)32-20)28-22(31)27-15-9-25-21(26-10-15)29-7-6-24-18(30)11-29/h4-5,8-10,12,19H,6-7,11H2,1-3H3,(H,24,30)(H2,27,28,31)/t19-/m1/s1. The van der Waals surface area contributed by atoms with Crippen LogP contribution in [-0.4, -0.2) is 41.5 Å². The predicted octanol–water partition coefficient (Wildman–Crippen LogP) is 3.13. The highest BCUT2D eigenvalue weighted by Gasteiger charge is 2.26. The van der Waals surface area contributed by atoms with Crippen LogP contribution >= 0.6 is 0 Å². The Balaban J connectivity index is 1.46. The number of urea groups is 1. The van der Waals surface area contributed by atoms with Crippen molar-refractivity contribution in [2.24, 2.45) is 5.92 Å². The minimum Gasteiger partial charge on any atom is -0.459 e. The molecule has 0 aliphatic carbocycles. The first-order valence-corrected chi connectivity index (χ1v) is 10.4. The van der Waals surface area contributed by atoms with E-state index >= 15 is 0 Å². The van der Waals surface area contributed by atoms with Crippen LogP contribution in [0.25, 0.3) is 11.0 Å². The zero-order chi connectivity index (χ0) is 22.8. The molecule has 4 rings (SSSR count). The first-order chi connectivity index (χ1) is 15.3. The summed E-state index contributed by atoms with van der Waals surface area (Å²) in [6, 6.07) is 3.50. The topological polar surface area (TPSA) is 112 Å². The number of aryl methyl sites for hydroxylation is 1. The molecule has 1 fully saturated rings. The maximum absolute atomic E-state index is 13.6. The van der Waals surface area contributed by atoms with Gasteiger partial charge in [-0.05, 0) is 31.0 Å². The number of benzene rings is 1. The Morgan fingerprint density at radius 1 is 1.28 bits per heavy atom. The number of amides is 3. The quantitative estimate of drug-likeness (QED) is 0.562. The fraction of sp³-hybridized carbons (Fsp3) is 0.364. The van der Waals surface area contributed by atoms with Gasteiger partial charge in [-0.25, -0.2) is 19.2 Å². The number of nitrogens with one attached hydrogen (secondary N) is 3. The second-order valence-corrected chi connectivity index (χ2v) is 8.10. The van der Waals surface area contributed by atoms with Gasteiger partial charge < -0.3 is 25.3 Å². The van der Waals surface area contributed by atoms with E-state index < -0.39 is 12.1 Å². The molecule has 32 heavy (non-hydrogen) atoms. The number of hydrogen-bond acceptors (Lipinski definition) is 6. The number of fused-ring (bicyclic) bond motifs is 1. The number of carbonyl (C=O) groups excluding carboxylic acids is 2. The minimum atomic E-state index is -0.441. The van der Waals surface area contributed by atoms with E-state index in [0.29, 0.717) is 41.5 Å². The van der Waals surface area contributed by atoms with Crippen molar-refractivity contribution >= 4 is 34.5 Å². The van der Waals surface area contributed by atoms with Gasteiger partial charge in [0.15, 0.2) is 0 Å². The van der Waals surface area contributed by atoms with E-state index in [-0.39, 0.29) is 24.2 Å². The number of carbonyl (C=O) groups is 2. The molecule has 9 nitrogen and oxygen atoms in total. The van der Waals surface area contributed by atoms with Gasteiger partial charge in [-0.3, -0.25) is 4.79 Å². The lowest BCUT2D eigenvalue weighted by Crippen LogP contribution is -2.48. The molecule has 3 heterocycles. The van der Waals surface area contributed by atoms with Crippen LogP contribution in [0.5, 0.6) is 0 Å². The number of halogens is 1. The van der Waals surface area contributed by atoms with Crippen molar-refractivity contribution in [3.8, 4) is 0 Å². The molecule has 3 amide bonds. The number of aromatic nitrogens is 2. The molecule has 168 valence electrons. The minimum absolute atomic E-state index is 0.0220. The maximum Gasteiger partial charge on any atom is 0.319 e. The SMILES string of the molecule is Cc1c([C@H](NC(=O)Nc2cnc(N3CCNC(=O)C3)nc2)C(C)C)oc2ccc(F)cc12. The largest absolute Gasteiger partial charge is 0.459 e. The van der Waals surface area contributed by atoms with E-state index in [0.717, 1.165) is 5.56 Å². The van der Waals surface area contributed by atoms with Crippen molar-refractivity contribution in [3.05, 3.63) is 47.7 Å². The maximum atomic E-state index is 13.6. The van der Waals surface area contributed by atoms with E-state index in [1.54, 1.807) is 11.0 Å². The summed E-state index contributed by atoms with van der Waals surface area (Å²) < 4.78 is 19.6. The van der Waals surface area contributed by atoms with Crippen LogP contribution in [0.1, 0.15) is 31.2 Å². The van der Waals surface area contributed by atoms with Gasteiger partial charge in [0.25, 0.3) is 0 Å². The molecule has 0 saturated carbocycles. The van der Waals surface area contributed by atoms with Gasteiger partial charge in [-0.15, -0.1) is 0 Å². The average molecular weight is 440 g/mol. The Labute approximate surface area is 184 Å². The van der Waals surface area contributed by atoms with Gasteiger partial charge in [0.2, 0.25) is 11.9 Å². The van der Waals surface area contributed by atoms with Crippen LogP contribution in [0.2, 0.25) is 0 Å². The van der Waals surface area contributed by atoms with Gasteiger partial charge in [0.05, 0.1) is 30.7 Å². The molecule has 0 spiro atoms. The lowest BCUT2D eigenvalue weighted by atomic mass is 9.98. The Bertz CT molecular complexity index is 1140. The third-order valence-corrected chi connectivity index (χ3v) is 5.39. The Morgan fingerprint density at radius 3 is 2.72 bits per heavy atom. The molecule has 3 aromatic rings. The van der Waals surface area contributed by atoms with E-state index in [1.165, 1.54) is 24.5 Å². The summed E-state index contributed by atoms with van der Waals surface area (Å²) in [6.07, 6.45) is 2.99. The fourth-order valence-electron chi connectivity index (χ4n) is 3.71. The smallest absolute Gasteiger partial charge is 0.319 e. The first-order valence-electron chi connectivity index (χ1n) is 10.4. The van der Waals surface area contributed by atoms with Crippen LogP contribution in [0.3, 0.4) is 0 Å². The van der Waals surface area contributed by atoms with Gasteiger partial charge in [-0.2, -0.15) is 0 Å². The highest BCUT2D eigenvalue weighted by Crippen LogP contribution is 2.33. The lowest BCUT2D eigenvalue weighted by molar-refractivity contribution is -0.120. The van der Waals surface area contributed by atoms with Gasteiger partial charge in [0.1, 0.15) is 17.2 Å². The van der Waals surface area contributed by atoms with E-state index in [1.807, 2.05) is 20.8 Å². The number of hydrogen-bond donors (Lipinski definition) is 3.